The lowest BCUT2D eigenvalue weighted by Gasteiger charge is -2.46. The minimum Gasteiger partial charge on any atom is -0.321 e. The highest BCUT2D eigenvalue weighted by molar-refractivity contribution is 5.11. The number of likely N-dealkylation sites (N-methyl/N-ethyl adjacent to an activating group) is 1. The van der Waals surface area contributed by atoms with Crippen molar-refractivity contribution in [1.29, 1.82) is 0 Å². The van der Waals surface area contributed by atoms with Gasteiger partial charge < -0.3 is 5.73 Å². The average Bonchev–Trinajstić information content (AvgIpc) is 2.45. The van der Waals surface area contributed by atoms with E-state index in [4.69, 9.17) is 5.73 Å². The lowest BCUT2D eigenvalue weighted by molar-refractivity contribution is 0.0611. The van der Waals surface area contributed by atoms with E-state index in [1.807, 2.05) is 0 Å². The topological polar surface area (TPSA) is 55.0 Å². The summed E-state index contributed by atoms with van der Waals surface area (Å²) < 4.78 is 0. The van der Waals surface area contributed by atoms with Crippen molar-refractivity contribution in [3.05, 3.63) is 24.3 Å². The summed E-state index contributed by atoms with van der Waals surface area (Å²) in [5.74, 6) is 0. The average molecular weight is 250 g/mol. The van der Waals surface area contributed by atoms with Crippen LogP contribution in [-0.4, -0.2) is 33.5 Å². The van der Waals surface area contributed by atoms with Crippen LogP contribution in [0.15, 0.2) is 18.6 Å². The quantitative estimate of drug-likeness (QED) is 0.807. The van der Waals surface area contributed by atoms with Gasteiger partial charge in [-0.15, -0.1) is 0 Å². The van der Waals surface area contributed by atoms with Crippen LogP contribution in [0.1, 0.15) is 52.3 Å². The van der Waals surface area contributed by atoms with Gasteiger partial charge in [-0.2, -0.15) is 0 Å². The van der Waals surface area contributed by atoms with Gasteiger partial charge in [0.15, 0.2) is 0 Å². The Morgan fingerprint density at radius 3 is 2.17 bits per heavy atom. The van der Waals surface area contributed by atoms with Gasteiger partial charge in [-0.3, -0.25) is 14.9 Å². The minimum absolute atomic E-state index is 0.0282. The van der Waals surface area contributed by atoms with Crippen molar-refractivity contribution in [3.63, 3.8) is 0 Å². The number of nitrogens with zero attached hydrogens (tertiary/aromatic N) is 3. The molecule has 0 aliphatic heterocycles. The Balaban J connectivity index is 3.11. The molecule has 18 heavy (non-hydrogen) atoms. The summed E-state index contributed by atoms with van der Waals surface area (Å²) in [7, 11) is 0. The first kappa shape index (κ1) is 15.1. The zero-order chi connectivity index (χ0) is 13.6. The van der Waals surface area contributed by atoms with Gasteiger partial charge in [0.25, 0.3) is 0 Å². The van der Waals surface area contributed by atoms with Gasteiger partial charge in [-0.25, -0.2) is 0 Å². The fourth-order valence-corrected chi connectivity index (χ4v) is 2.93. The molecular weight excluding hydrogens is 224 g/mol. The Bertz CT molecular complexity index is 331. The largest absolute Gasteiger partial charge is 0.321 e. The second kappa shape index (κ2) is 6.81. The molecule has 0 radical (unpaired) electrons. The summed E-state index contributed by atoms with van der Waals surface area (Å²) in [6.07, 6.45) is 7.22. The molecule has 1 rings (SSSR count). The van der Waals surface area contributed by atoms with Gasteiger partial charge >= 0.3 is 0 Å². The lowest BCUT2D eigenvalue weighted by Crippen LogP contribution is -2.55. The van der Waals surface area contributed by atoms with Crippen LogP contribution in [0.2, 0.25) is 0 Å². The molecule has 0 spiro atoms. The van der Waals surface area contributed by atoms with E-state index >= 15 is 0 Å². The number of aromatic nitrogens is 2. The number of hydrogen-bond acceptors (Lipinski definition) is 4. The third-order valence-electron chi connectivity index (χ3n) is 4.10. The first-order valence-electron chi connectivity index (χ1n) is 6.92. The molecule has 0 fully saturated rings. The molecule has 0 amide bonds. The van der Waals surface area contributed by atoms with Gasteiger partial charge in [-0.05, 0) is 25.9 Å². The Hall–Kier alpha value is -1.00. The van der Waals surface area contributed by atoms with Crippen LogP contribution < -0.4 is 5.73 Å². The Morgan fingerprint density at radius 1 is 1.17 bits per heavy atom. The maximum Gasteiger partial charge on any atom is 0.0772 e. The highest BCUT2D eigenvalue weighted by Crippen LogP contribution is 2.34. The second-order valence-corrected chi connectivity index (χ2v) is 4.59. The van der Waals surface area contributed by atoms with Crippen molar-refractivity contribution >= 4 is 0 Å². The van der Waals surface area contributed by atoms with Gasteiger partial charge in [0.1, 0.15) is 0 Å². The van der Waals surface area contributed by atoms with Crippen molar-refractivity contribution in [1.82, 2.24) is 14.9 Å². The maximum atomic E-state index is 6.50. The normalized spacial score (nSPS) is 13.9. The van der Waals surface area contributed by atoms with E-state index in [1.165, 1.54) is 0 Å². The predicted octanol–water partition coefficient (Wildman–Crippen LogP) is 2.38. The zero-order valence-corrected chi connectivity index (χ0v) is 12.1. The third-order valence-corrected chi connectivity index (χ3v) is 4.10. The Labute approximate surface area is 111 Å². The van der Waals surface area contributed by atoms with Gasteiger partial charge in [0, 0.05) is 17.9 Å². The van der Waals surface area contributed by atoms with E-state index in [1.54, 1.807) is 18.6 Å². The Morgan fingerprint density at radius 2 is 1.78 bits per heavy atom. The van der Waals surface area contributed by atoms with Gasteiger partial charge in [0.2, 0.25) is 0 Å². The molecule has 0 aromatic carbocycles. The molecule has 1 unspecified atom stereocenters. The van der Waals surface area contributed by atoms with Crippen LogP contribution in [0.4, 0.5) is 0 Å². The minimum atomic E-state index is -0.0962. The fraction of sp³-hybridized carbons (Fsp3) is 0.714. The van der Waals surface area contributed by atoms with Gasteiger partial charge in [-0.1, -0.05) is 27.7 Å². The van der Waals surface area contributed by atoms with E-state index in [9.17, 15) is 0 Å². The first-order valence-corrected chi connectivity index (χ1v) is 6.92. The zero-order valence-electron chi connectivity index (χ0n) is 12.1. The molecule has 4 heteroatoms. The molecule has 102 valence electrons. The molecule has 0 aliphatic carbocycles. The predicted molar refractivity (Wildman–Crippen MR) is 75.2 cm³/mol. The van der Waals surface area contributed by atoms with E-state index < -0.39 is 0 Å². The van der Waals surface area contributed by atoms with Crippen molar-refractivity contribution in [2.24, 2.45) is 5.73 Å². The molecule has 0 saturated carbocycles. The summed E-state index contributed by atoms with van der Waals surface area (Å²) in [5.41, 5.74) is 7.36. The van der Waals surface area contributed by atoms with Crippen LogP contribution in [0.3, 0.4) is 0 Å². The lowest BCUT2D eigenvalue weighted by atomic mass is 9.81. The van der Waals surface area contributed by atoms with Crippen molar-refractivity contribution in [2.75, 3.05) is 13.1 Å². The smallest absolute Gasteiger partial charge is 0.0772 e. The van der Waals surface area contributed by atoms with Crippen LogP contribution in [0, 0.1) is 0 Å². The molecular formula is C14H26N4. The summed E-state index contributed by atoms with van der Waals surface area (Å²) in [6.45, 7) is 10.8. The van der Waals surface area contributed by atoms with E-state index in [2.05, 4.69) is 42.6 Å². The highest BCUT2D eigenvalue weighted by atomic mass is 15.2. The SMILES string of the molecule is CCN(CC)C(CC)(CC)C(N)c1cnccn1. The maximum absolute atomic E-state index is 6.50. The standard InChI is InChI=1S/C14H26N4/c1-5-14(6-2,18(7-3)8-4)13(15)12-11-16-9-10-17-12/h9-11,13H,5-8,15H2,1-4H3. The van der Waals surface area contributed by atoms with E-state index in [0.717, 1.165) is 31.6 Å². The third kappa shape index (κ3) is 2.70. The van der Waals surface area contributed by atoms with Crippen LogP contribution in [-0.2, 0) is 0 Å². The summed E-state index contributed by atoms with van der Waals surface area (Å²) in [4.78, 5) is 11.0. The number of nitrogens with two attached hydrogens (primary N) is 1. The number of rotatable bonds is 7. The second-order valence-electron chi connectivity index (χ2n) is 4.59. The first-order chi connectivity index (χ1) is 8.66. The molecule has 2 N–H and O–H groups in total. The van der Waals surface area contributed by atoms with Crippen LogP contribution in [0.25, 0.3) is 0 Å². The van der Waals surface area contributed by atoms with Crippen LogP contribution >= 0.6 is 0 Å². The molecule has 1 aromatic rings. The van der Waals surface area contributed by atoms with Crippen LogP contribution in [0.5, 0.6) is 0 Å². The Kier molecular flexibility index (Phi) is 5.69. The summed E-state index contributed by atoms with van der Waals surface area (Å²) in [5, 5.41) is 0. The molecule has 0 bridgehead atoms. The van der Waals surface area contributed by atoms with E-state index in [0.29, 0.717) is 0 Å². The highest BCUT2D eigenvalue weighted by Gasteiger charge is 2.39. The molecule has 0 aliphatic rings. The fourth-order valence-electron chi connectivity index (χ4n) is 2.93. The van der Waals surface area contributed by atoms with Crippen molar-refractivity contribution in [2.45, 2.75) is 52.1 Å². The van der Waals surface area contributed by atoms with E-state index in [-0.39, 0.29) is 11.6 Å². The summed E-state index contributed by atoms with van der Waals surface area (Å²) in [6, 6.07) is -0.0962. The molecule has 1 atom stereocenters. The molecule has 4 nitrogen and oxygen atoms in total. The summed E-state index contributed by atoms with van der Waals surface area (Å²) >= 11 is 0. The number of hydrogen-bond donors (Lipinski definition) is 1. The van der Waals surface area contributed by atoms with Crippen molar-refractivity contribution < 1.29 is 0 Å². The monoisotopic (exact) mass is 250 g/mol. The van der Waals surface area contributed by atoms with Gasteiger partial charge in [0.05, 0.1) is 17.9 Å². The molecule has 1 aromatic heterocycles. The van der Waals surface area contributed by atoms with Crippen molar-refractivity contribution in [3.8, 4) is 0 Å². The molecule has 0 saturated heterocycles. The molecule has 1 heterocycles.